The first-order valence-electron chi connectivity index (χ1n) is 6.68. The number of aromatic nitrogens is 1. The van der Waals surface area contributed by atoms with Gasteiger partial charge < -0.3 is 4.74 Å². The number of pyridine rings is 1. The second-order valence-corrected chi connectivity index (χ2v) is 4.52. The number of hydrogen-bond donors (Lipinski definition) is 0. The Morgan fingerprint density at radius 1 is 1.47 bits per heavy atom. The normalized spacial score (nSPS) is 20.7. The molecule has 2 rings (SSSR count). The molecule has 0 aliphatic carbocycles. The molecule has 0 amide bonds. The highest BCUT2D eigenvalue weighted by atomic mass is 16.5. The molecule has 0 N–H and O–H groups in total. The molecule has 3 heteroatoms. The van der Waals surface area contributed by atoms with Gasteiger partial charge in [-0.25, -0.2) is 4.98 Å². The molecule has 94 valence electrons. The average Bonchev–Trinajstić information content (AvgIpc) is 2.79. The Labute approximate surface area is 104 Å². The lowest BCUT2D eigenvalue weighted by molar-refractivity contribution is 0.245. The van der Waals surface area contributed by atoms with Gasteiger partial charge in [-0.3, -0.25) is 4.90 Å². The van der Waals surface area contributed by atoms with E-state index in [0.29, 0.717) is 12.6 Å². The standard InChI is InChI=1S/C14H22N2O/c1-3-10-16-11-6-8-13(16)12-7-5-9-15-14(12)17-4-2/h5,7,9,13H,3-4,6,8,10-11H2,1-2H3. The van der Waals surface area contributed by atoms with Crippen LogP contribution in [0, 0.1) is 0 Å². The summed E-state index contributed by atoms with van der Waals surface area (Å²) in [5.74, 6) is 0.822. The van der Waals surface area contributed by atoms with E-state index >= 15 is 0 Å². The monoisotopic (exact) mass is 234 g/mol. The van der Waals surface area contributed by atoms with Crippen molar-refractivity contribution in [3.8, 4) is 5.88 Å². The molecule has 0 saturated carbocycles. The van der Waals surface area contributed by atoms with Gasteiger partial charge in [0.05, 0.1) is 6.61 Å². The molecule has 1 aromatic heterocycles. The summed E-state index contributed by atoms with van der Waals surface area (Å²) < 4.78 is 5.64. The predicted octanol–water partition coefficient (Wildman–Crippen LogP) is 3.03. The van der Waals surface area contributed by atoms with Gasteiger partial charge >= 0.3 is 0 Å². The van der Waals surface area contributed by atoms with E-state index in [1.165, 1.54) is 37.9 Å². The van der Waals surface area contributed by atoms with Crippen LogP contribution in [0.4, 0.5) is 0 Å². The smallest absolute Gasteiger partial charge is 0.218 e. The van der Waals surface area contributed by atoms with Crippen LogP contribution < -0.4 is 4.74 Å². The van der Waals surface area contributed by atoms with Crippen molar-refractivity contribution in [3.05, 3.63) is 23.9 Å². The summed E-state index contributed by atoms with van der Waals surface area (Å²) in [5, 5.41) is 0. The molecule has 0 radical (unpaired) electrons. The molecule has 0 spiro atoms. The Kier molecular flexibility index (Phi) is 4.37. The third-order valence-corrected chi connectivity index (χ3v) is 3.32. The zero-order valence-electron chi connectivity index (χ0n) is 10.9. The van der Waals surface area contributed by atoms with E-state index < -0.39 is 0 Å². The molecule has 3 nitrogen and oxygen atoms in total. The summed E-state index contributed by atoms with van der Waals surface area (Å²) in [4.78, 5) is 6.91. The lowest BCUT2D eigenvalue weighted by atomic mass is 10.1. The van der Waals surface area contributed by atoms with Crippen LogP contribution in [0.15, 0.2) is 18.3 Å². The fraction of sp³-hybridized carbons (Fsp3) is 0.643. The van der Waals surface area contributed by atoms with Crippen LogP contribution in [-0.2, 0) is 0 Å². The number of likely N-dealkylation sites (tertiary alicyclic amines) is 1. The zero-order valence-corrected chi connectivity index (χ0v) is 10.9. The first kappa shape index (κ1) is 12.4. The van der Waals surface area contributed by atoms with Crippen molar-refractivity contribution in [1.82, 2.24) is 9.88 Å². The molecule has 1 unspecified atom stereocenters. The van der Waals surface area contributed by atoms with Gasteiger partial charge in [0.15, 0.2) is 0 Å². The molecule has 0 aromatic carbocycles. The van der Waals surface area contributed by atoms with Crippen LogP contribution in [0.25, 0.3) is 0 Å². The highest BCUT2D eigenvalue weighted by molar-refractivity contribution is 5.29. The Bertz CT molecular complexity index is 354. The molecule has 1 aliphatic heterocycles. The van der Waals surface area contributed by atoms with Crippen LogP contribution in [0.2, 0.25) is 0 Å². The van der Waals surface area contributed by atoms with Gasteiger partial charge in [0.2, 0.25) is 5.88 Å². The van der Waals surface area contributed by atoms with Crippen molar-refractivity contribution >= 4 is 0 Å². The maximum atomic E-state index is 5.64. The van der Waals surface area contributed by atoms with Gasteiger partial charge in [-0.05, 0) is 45.3 Å². The molecule has 0 bridgehead atoms. The molecular weight excluding hydrogens is 212 g/mol. The highest BCUT2D eigenvalue weighted by Gasteiger charge is 2.27. The van der Waals surface area contributed by atoms with Crippen LogP contribution in [-0.4, -0.2) is 29.6 Å². The minimum Gasteiger partial charge on any atom is -0.478 e. The molecule has 1 aromatic rings. The van der Waals surface area contributed by atoms with E-state index in [1.807, 2.05) is 19.2 Å². The number of ether oxygens (including phenoxy) is 1. The molecule has 17 heavy (non-hydrogen) atoms. The minimum atomic E-state index is 0.505. The Morgan fingerprint density at radius 3 is 3.12 bits per heavy atom. The van der Waals surface area contributed by atoms with Crippen molar-refractivity contribution < 1.29 is 4.74 Å². The van der Waals surface area contributed by atoms with E-state index in [-0.39, 0.29) is 0 Å². The van der Waals surface area contributed by atoms with E-state index in [4.69, 9.17) is 4.74 Å². The quantitative estimate of drug-likeness (QED) is 0.783. The van der Waals surface area contributed by atoms with Gasteiger partial charge in [0.25, 0.3) is 0 Å². The van der Waals surface area contributed by atoms with E-state index in [2.05, 4.69) is 22.9 Å². The molecule has 1 aliphatic rings. The van der Waals surface area contributed by atoms with Crippen molar-refractivity contribution in [2.24, 2.45) is 0 Å². The minimum absolute atomic E-state index is 0.505. The lowest BCUT2D eigenvalue weighted by Gasteiger charge is -2.25. The summed E-state index contributed by atoms with van der Waals surface area (Å²) in [6, 6.07) is 4.68. The lowest BCUT2D eigenvalue weighted by Crippen LogP contribution is -2.24. The second kappa shape index (κ2) is 6.01. The number of rotatable bonds is 5. The molecular formula is C14H22N2O. The topological polar surface area (TPSA) is 25.4 Å². The van der Waals surface area contributed by atoms with E-state index in [1.54, 1.807) is 0 Å². The fourth-order valence-electron chi connectivity index (χ4n) is 2.65. The maximum Gasteiger partial charge on any atom is 0.218 e. The average molecular weight is 234 g/mol. The third-order valence-electron chi connectivity index (χ3n) is 3.32. The second-order valence-electron chi connectivity index (χ2n) is 4.52. The number of hydrogen-bond acceptors (Lipinski definition) is 3. The predicted molar refractivity (Wildman–Crippen MR) is 69.2 cm³/mol. The SMILES string of the molecule is CCCN1CCCC1c1cccnc1OCC. The maximum absolute atomic E-state index is 5.64. The molecule has 1 atom stereocenters. The largest absolute Gasteiger partial charge is 0.478 e. The summed E-state index contributed by atoms with van der Waals surface area (Å²) >= 11 is 0. The van der Waals surface area contributed by atoms with Crippen molar-refractivity contribution in [3.63, 3.8) is 0 Å². The fourth-order valence-corrected chi connectivity index (χ4v) is 2.65. The van der Waals surface area contributed by atoms with Crippen LogP contribution in [0.5, 0.6) is 5.88 Å². The van der Waals surface area contributed by atoms with Gasteiger partial charge in [-0.1, -0.05) is 13.0 Å². The van der Waals surface area contributed by atoms with Crippen LogP contribution in [0.1, 0.15) is 44.7 Å². The summed E-state index contributed by atoms with van der Waals surface area (Å²) in [6.07, 6.45) is 5.53. The van der Waals surface area contributed by atoms with Gasteiger partial charge in [0, 0.05) is 17.8 Å². The van der Waals surface area contributed by atoms with Gasteiger partial charge in [-0.2, -0.15) is 0 Å². The van der Waals surface area contributed by atoms with Crippen molar-refractivity contribution in [2.45, 2.75) is 39.2 Å². The van der Waals surface area contributed by atoms with Crippen molar-refractivity contribution in [2.75, 3.05) is 19.7 Å². The molecule has 2 heterocycles. The summed E-state index contributed by atoms with van der Waals surface area (Å²) in [6.45, 7) is 7.31. The Hall–Kier alpha value is -1.09. The first-order valence-corrected chi connectivity index (χ1v) is 6.68. The van der Waals surface area contributed by atoms with Gasteiger partial charge in [0.1, 0.15) is 0 Å². The number of nitrogens with zero attached hydrogens (tertiary/aromatic N) is 2. The van der Waals surface area contributed by atoms with E-state index in [9.17, 15) is 0 Å². The Balaban J connectivity index is 2.20. The Morgan fingerprint density at radius 2 is 2.35 bits per heavy atom. The van der Waals surface area contributed by atoms with E-state index in [0.717, 1.165) is 5.88 Å². The van der Waals surface area contributed by atoms with Crippen molar-refractivity contribution in [1.29, 1.82) is 0 Å². The third kappa shape index (κ3) is 2.78. The van der Waals surface area contributed by atoms with Crippen LogP contribution in [0.3, 0.4) is 0 Å². The zero-order chi connectivity index (χ0) is 12.1. The first-order chi connectivity index (χ1) is 8.36. The van der Waals surface area contributed by atoms with Crippen LogP contribution >= 0.6 is 0 Å². The van der Waals surface area contributed by atoms with Gasteiger partial charge in [-0.15, -0.1) is 0 Å². The highest BCUT2D eigenvalue weighted by Crippen LogP contribution is 2.35. The summed E-state index contributed by atoms with van der Waals surface area (Å²) in [7, 11) is 0. The summed E-state index contributed by atoms with van der Waals surface area (Å²) in [5.41, 5.74) is 1.26. The molecule has 1 saturated heterocycles. The molecule has 1 fully saturated rings.